The predicted octanol–water partition coefficient (Wildman–Crippen LogP) is 0.756. The van der Waals surface area contributed by atoms with E-state index in [9.17, 15) is 0 Å². The standard InChI is InChI=1S/C7H9N3.2ClH/c1-2-6(8)3-7-4-9-5-10-7;;/h1,4-6H,3,8H2,(H,9,10);2*1H. The Labute approximate surface area is 84.0 Å². The molecule has 1 atom stereocenters. The number of hydrogen-bond donors (Lipinski definition) is 2. The van der Waals surface area contributed by atoms with Crippen molar-refractivity contribution in [3.05, 3.63) is 18.2 Å². The number of nitrogens with one attached hydrogen (secondary N) is 1. The molecule has 1 unspecified atom stereocenters. The van der Waals surface area contributed by atoms with Crippen LogP contribution in [0.5, 0.6) is 0 Å². The Kier molecular flexibility index (Phi) is 8.07. The highest BCUT2D eigenvalue weighted by Crippen LogP contribution is 1.93. The van der Waals surface area contributed by atoms with Crippen molar-refractivity contribution in [2.75, 3.05) is 0 Å². The third-order valence-electron chi connectivity index (χ3n) is 1.21. The lowest BCUT2D eigenvalue weighted by atomic mass is 10.2. The van der Waals surface area contributed by atoms with Gasteiger partial charge in [0.2, 0.25) is 0 Å². The number of terminal acetylenes is 1. The molecule has 3 N–H and O–H groups in total. The molecule has 0 aromatic carbocycles. The molecule has 0 aliphatic carbocycles. The molecule has 12 heavy (non-hydrogen) atoms. The molecule has 0 saturated heterocycles. The van der Waals surface area contributed by atoms with E-state index >= 15 is 0 Å². The smallest absolute Gasteiger partial charge is 0.0921 e. The fraction of sp³-hybridized carbons (Fsp3) is 0.286. The molecule has 0 saturated carbocycles. The lowest BCUT2D eigenvalue weighted by Crippen LogP contribution is -2.20. The minimum absolute atomic E-state index is 0. The Bertz CT molecular complexity index is 227. The predicted molar refractivity (Wildman–Crippen MR) is 53.6 cm³/mol. The number of rotatable bonds is 2. The molecule has 0 amide bonds. The van der Waals surface area contributed by atoms with E-state index in [1.807, 2.05) is 0 Å². The Morgan fingerprint density at radius 3 is 2.75 bits per heavy atom. The van der Waals surface area contributed by atoms with Crippen molar-refractivity contribution in [3.63, 3.8) is 0 Å². The van der Waals surface area contributed by atoms with Gasteiger partial charge in [-0.05, 0) is 0 Å². The van der Waals surface area contributed by atoms with E-state index in [1.165, 1.54) is 0 Å². The number of nitrogens with two attached hydrogens (primary N) is 1. The summed E-state index contributed by atoms with van der Waals surface area (Å²) in [5, 5.41) is 0. The Morgan fingerprint density at radius 2 is 2.33 bits per heavy atom. The van der Waals surface area contributed by atoms with Crippen LogP contribution in [-0.4, -0.2) is 16.0 Å². The Morgan fingerprint density at radius 1 is 1.67 bits per heavy atom. The lowest BCUT2D eigenvalue weighted by Gasteiger charge is -1.98. The summed E-state index contributed by atoms with van der Waals surface area (Å²) in [5.41, 5.74) is 6.46. The first-order valence-corrected chi connectivity index (χ1v) is 3.02. The van der Waals surface area contributed by atoms with E-state index < -0.39 is 0 Å². The van der Waals surface area contributed by atoms with Crippen LogP contribution in [0.3, 0.4) is 0 Å². The van der Waals surface area contributed by atoms with Gasteiger partial charge < -0.3 is 10.7 Å². The van der Waals surface area contributed by atoms with Gasteiger partial charge in [-0.15, -0.1) is 31.2 Å². The van der Waals surface area contributed by atoms with Gasteiger partial charge in [-0.1, -0.05) is 5.92 Å². The average molecular weight is 208 g/mol. The number of imidazole rings is 1. The third-order valence-corrected chi connectivity index (χ3v) is 1.21. The summed E-state index contributed by atoms with van der Waals surface area (Å²) in [7, 11) is 0. The van der Waals surface area contributed by atoms with Crippen molar-refractivity contribution in [3.8, 4) is 12.3 Å². The van der Waals surface area contributed by atoms with E-state index in [1.54, 1.807) is 12.5 Å². The Balaban J connectivity index is 0. The topological polar surface area (TPSA) is 54.7 Å². The highest BCUT2D eigenvalue weighted by Gasteiger charge is 1.99. The second-order valence-electron chi connectivity index (χ2n) is 2.05. The van der Waals surface area contributed by atoms with E-state index in [2.05, 4.69) is 15.9 Å². The number of nitrogens with zero attached hydrogens (tertiary/aromatic N) is 1. The molecule has 5 heteroatoms. The highest BCUT2D eigenvalue weighted by molar-refractivity contribution is 5.85. The molecule has 3 nitrogen and oxygen atoms in total. The fourth-order valence-electron chi connectivity index (χ4n) is 0.692. The van der Waals surface area contributed by atoms with Crippen LogP contribution in [0.1, 0.15) is 5.69 Å². The molecule has 0 spiro atoms. The zero-order valence-corrected chi connectivity index (χ0v) is 7.99. The molecule has 1 heterocycles. The molecule has 0 aliphatic heterocycles. The number of H-pyrrole nitrogens is 1. The normalized spacial score (nSPS) is 10.3. The van der Waals surface area contributed by atoms with Gasteiger partial charge >= 0.3 is 0 Å². The monoisotopic (exact) mass is 207 g/mol. The van der Waals surface area contributed by atoms with Crippen molar-refractivity contribution in [2.45, 2.75) is 12.5 Å². The quantitative estimate of drug-likeness (QED) is 0.705. The van der Waals surface area contributed by atoms with Crippen LogP contribution in [0.15, 0.2) is 12.5 Å². The summed E-state index contributed by atoms with van der Waals surface area (Å²) in [6.07, 6.45) is 9.07. The van der Waals surface area contributed by atoms with Crippen molar-refractivity contribution in [1.29, 1.82) is 0 Å². The summed E-state index contributed by atoms with van der Waals surface area (Å²) >= 11 is 0. The lowest BCUT2D eigenvalue weighted by molar-refractivity contribution is 0.816. The van der Waals surface area contributed by atoms with Crippen LogP contribution in [-0.2, 0) is 6.42 Å². The van der Waals surface area contributed by atoms with Crippen LogP contribution in [0, 0.1) is 12.3 Å². The Hall–Kier alpha value is -0.690. The molecule has 68 valence electrons. The van der Waals surface area contributed by atoms with Crippen LogP contribution in [0.25, 0.3) is 0 Å². The van der Waals surface area contributed by atoms with Crippen molar-refractivity contribution >= 4 is 24.8 Å². The van der Waals surface area contributed by atoms with Gasteiger partial charge in [0.05, 0.1) is 12.4 Å². The molecule has 1 rings (SSSR count). The van der Waals surface area contributed by atoms with Gasteiger partial charge in [0.25, 0.3) is 0 Å². The SMILES string of the molecule is C#CC(N)Cc1cnc[nH]1.Cl.Cl. The van der Waals surface area contributed by atoms with Gasteiger partial charge in [0.1, 0.15) is 0 Å². The van der Waals surface area contributed by atoms with Crippen molar-refractivity contribution in [2.24, 2.45) is 5.73 Å². The van der Waals surface area contributed by atoms with Crippen molar-refractivity contribution in [1.82, 2.24) is 9.97 Å². The maximum absolute atomic E-state index is 5.48. The molecule has 1 aromatic rings. The first-order chi connectivity index (χ1) is 4.83. The van der Waals surface area contributed by atoms with Crippen LogP contribution in [0.2, 0.25) is 0 Å². The van der Waals surface area contributed by atoms with E-state index in [0.717, 1.165) is 5.69 Å². The zero-order chi connectivity index (χ0) is 7.40. The van der Waals surface area contributed by atoms with Crippen LogP contribution < -0.4 is 5.73 Å². The van der Waals surface area contributed by atoms with Gasteiger partial charge in [-0.2, -0.15) is 0 Å². The molecule has 0 bridgehead atoms. The maximum Gasteiger partial charge on any atom is 0.0921 e. The molecule has 1 aromatic heterocycles. The second-order valence-corrected chi connectivity index (χ2v) is 2.05. The first kappa shape index (κ1) is 13.9. The molecular weight excluding hydrogens is 197 g/mol. The van der Waals surface area contributed by atoms with Gasteiger partial charge in [-0.3, -0.25) is 0 Å². The highest BCUT2D eigenvalue weighted by atomic mass is 35.5. The summed E-state index contributed by atoms with van der Waals surface area (Å²) in [5.74, 6) is 2.43. The van der Waals surface area contributed by atoms with E-state index in [-0.39, 0.29) is 30.9 Å². The average Bonchev–Trinajstić information content (AvgIpc) is 2.40. The number of halogens is 2. The molecule has 0 aliphatic rings. The molecular formula is C7H11Cl2N3. The number of hydrogen-bond acceptors (Lipinski definition) is 2. The van der Waals surface area contributed by atoms with Gasteiger partial charge in [-0.25, -0.2) is 4.98 Å². The number of aromatic amines is 1. The largest absolute Gasteiger partial charge is 0.348 e. The molecule has 0 fully saturated rings. The summed E-state index contributed by atoms with van der Waals surface area (Å²) in [4.78, 5) is 6.75. The fourth-order valence-corrected chi connectivity index (χ4v) is 0.692. The van der Waals surface area contributed by atoms with Crippen LogP contribution in [0.4, 0.5) is 0 Å². The maximum atomic E-state index is 5.48. The summed E-state index contributed by atoms with van der Waals surface area (Å²) in [6.45, 7) is 0. The minimum Gasteiger partial charge on any atom is -0.348 e. The van der Waals surface area contributed by atoms with E-state index in [0.29, 0.717) is 6.42 Å². The van der Waals surface area contributed by atoms with E-state index in [4.69, 9.17) is 12.2 Å². The van der Waals surface area contributed by atoms with Gasteiger partial charge in [0, 0.05) is 18.3 Å². The third kappa shape index (κ3) is 4.24. The summed E-state index contributed by atoms with van der Waals surface area (Å²) in [6, 6.07) is -0.208. The van der Waals surface area contributed by atoms with Gasteiger partial charge in [0.15, 0.2) is 0 Å². The van der Waals surface area contributed by atoms with Crippen molar-refractivity contribution < 1.29 is 0 Å². The first-order valence-electron chi connectivity index (χ1n) is 3.02. The summed E-state index contributed by atoms with van der Waals surface area (Å²) < 4.78 is 0. The second kappa shape index (κ2) is 6.99. The van der Waals surface area contributed by atoms with Crippen LogP contribution >= 0.6 is 24.8 Å². The minimum atomic E-state index is -0.208. The number of aromatic nitrogens is 2. The zero-order valence-electron chi connectivity index (χ0n) is 6.36. The molecule has 0 radical (unpaired) electrons.